The summed E-state index contributed by atoms with van der Waals surface area (Å²) in [4.78, 5) is 0.0827. The summed E-state index contributed by atoms with van der Waals surface area (Å²) in [5.41, 5.74) is 0.337. The second-order valence-electron chi connectivity index (χ2n) is 3.56. The predicted octanol–water partition coefficient (Wildman–Crippen LogP) is 3.75. The zero-order valence-electron chi connectivity index (χ0n) is 9.16. The van der Waals surface area contributed by atoms with Crippen LogP contribution < -0.4 is 0 Å². The Bertz CT molecular complexity index is 572. The smallest absolute Gasteiger partial charge is 0.137 e. The molecule has 0 unspecified atom stereocenters. The second kappa shape index (κ2) is 5.46. The average molecular weight is 270 g/mol. The van der Waals surface area contributed by atoms with Crippen molar-refractivity contribution >= 4 is 11.8 Å². The van der Waals surface area contributed by atoms with Gasteiger partial charge in [-0.05, 0) is 29.8 Å². The number of aliphatic hydroxyl groups is 1. The highest BCUT2D eigenvalue weighted by atomic mass is 32.2. The van der Waals surface area contributed by atoms with Gasteiger partial charge in [-0.15, -0.1) is 0 Å². The number of halogens is 3. The Labute approximate surface area is 106 Å². The van der Waals surface area contributed by atoms with Crippen molar-refractivity contribution in [1.29, 1.82) is 0 Å². The average Bonchev–Trinajstić information content (AvgIpc) is 2.36. The number of benzene rings is 2. The van der Waals surface area contributed by atoms with E-state index >= 15 is 0 Å². The molecular formula is C13H9F3OS. The van der Waals surface area contributed by atoms with Crippen molar-refractivity contribution in [2.45, 2.75) is 16.4 Å². The highest BCUT2D eigenvalue weighted by Crippen LogP contribution is 2.34. The van der Waals surface area contributed by atoms with E-state index in [-0.39, 0.29) is 16.4 Å². The van der Waals surface area contributed by atoms with Crippen LogP contribution in [0.25, 0.3) is 0 Å². The zero-order chi connectivity index (χ0) is 13.1. The maximum atomic E-state index is 13.6. The fraction of sp³-hybridized carbons (Fsp3) is 0.0769. The molecule has 18 heavy (non-hydrogen) atoms. The Morgan fingerprint density at radius 2 is 1.78 bits per heavy atom. The van der Waals surface area contributed by atoms with E-state index in [0.717, 1.165) is 30.0 Å². The molecule has 0 saturated carbocycles. The first-order valence-electron chi connectivity index (χ1n) is 5.13. The zero-order valence-corrected chi connectivity index (χ0v) is 9.98. The Balaban J connectivity index is 2.42. The van der Waals surface area contributed by atoms with Crippen LogP contribution in [-0.2, 0) is 6.61 Å². The van der Waals surface area contributed by atoms with Crippen LogP contribution in [0.3, 0.4) is 0 Å². The van der Waals surface area contributed by atoms with Crippen LogP contribution in [0.1, 0.15) is 5.56 Å². The third-order valence-corrected chi connectivity index (χ3v) is 3.52. The molecule has 0 bridgehead atoms. The van der Waals surface area contributed by atoms with Crippen molar-refractivity contribution in [3.8, 4) is 0 Å². The van der Waals surface area contributed by atoms with Crippen molar-refractivity contribution in [3.05, 3.63) is 59.4 Å². The van der Waals surface area contributed by atoms with E-state index in [4.69, 9.17) is 5.11 Å². The Hall–Kier alpha value is -1.46. The summed E-state index contributed by atoms with van der Waals surface area (Å²) in [5.74, 6) is -1.80. The molecule has 0 aliphatic heterocycles. The Morgan fingerprint density at radius 3 is 2.50 bits per heavy atom. The van der Waals surface area contributed by atoms with Crippen LogP contribution in [0.15, 0.2) is 46.2 Å². The molecule has 2 aromatic rings. The molecule has 0 aromatic heterocycles. The summed E-state index contributed by atoms with van der Waals surface area (Å²) in [6.07, 6.45) is 0. The Morgan fingerprint density at radius 1 is 1.00 bits per heavy atom. The first kappa shape index (κ1) is 13.0. The quantitative estimate of drug-likeness (QED) is 0.916. The van der Waals surface area contributed by atoms with E-state index in [1.807, 2.05) is 0 Å². The molecule has 0 atom stereocenters. The van der Waals surface area contributed by atoms with Crippen molar-refractivity contribution in [2.24, 2.45) is 0 Å². The van der Waals surface area contributed by atoms with Gasteiger partial charge in [0.15, 0.2) is 0 Å². The lowest BCUT2D eigenvalue weighted by atomic mass is 10.2. The summed E-state index contributed by atoms with van der Waals surface area (Å²) in [5, 5.41) is 9.10. The van der Waals surface area contributed by atoms with Crippen LogP contribution in [-0.4, -0.2) is 5.11 Å². The number of aliphatic hydroxyl groups excluding tert-OH is 1. The van der Waals surface area contributed by atoms with Gasteiger partial charge < -0.3 is 5.11 Å². The molecule has 1 nitrogen and oxygen atoms in total. The van der Waals surface area contributed by atoms with Crippen LogP contribution in [0.2, 0.25) is 0 Å². The maximum absolute atomic E-state index is 13.6. The lowest BCUT2D eigenvalue weighted by Crippen LogP contribution is -1.92. The van der Waals surface area contributed by atoms with Gasteiger partial charge >= 0.3 is 0 Å². The first-order valence-corrected chi connectivity index (χ1v) is 5.94. The molecule has 0 fully saturated rings. The van der Waals surface area contributed by atoms with Gasteiger partial charge in [-0.1, -0.05) is 23.9 Å². The summed E-state index contributed by atoms with van der Waals surface area (Å²) >= 11 is 0.756. The Kier molecular flexibility index (Phi) is 3.93. The number of rotatable bonds is 3. The largest absolute Gasteiger partial charge is 0.392 e. The van der Waals surface area contributed by atoms with Crippen LogP contribution in [0.5, 0.6) is 0 Å². The summed E-state index contributed by atoms with van der Waals surface area (Å²) in [6, 6.07) is 7.16. The highest BCUT2D eigenvalue weighted by molar-refractivity contribution is 7.99. The first-order chi connectivity index (χ1) is 8.61. The van der Waals surface area contributed by atoms with Gasteiger partial charge in [0.1, 0.15) is 17.5 Å². The molecule has 2 aromatic carbocycles. The molecule has 0 aliphatic rings. The van der Waals surface area contributed by atoms with E-state index in [9.17, 15) is 13.2 Å². The molecule has 1 N–H and O–H groups in total. The molecule has 5 heteroatoms. The third-order valence-electron chi connectivity index (χ3n) is 2.32. The van der Waals surface area contributed by atoms with Crippen LogP contribution in [0.4, 0.5) is 13.2 Å². The lowest BCUT2D eigenvalue weighted by molar-refractivity contribution is 0.277. The molecule has 0 saturated heterocycles. The van der Waals surface area contributed by atoms with E-state index < -0.39 is 17.5 Å². The van der Waals surface area contributed by atoms with Crippen LogP contribution >= 0.6 is 11.8 Å². The van der Waals surface area contributed by atoms with Gasteiger partial charge in [0.25, 0.3) is 0 Å². The van der Waals surface area contributed by atoms with Gasteiger partial charge in [-0.2, -0.15) is 0 Å². The highest BCUT2D eigenvalue weighted by Gasteiger charge is 2.12. The summed E-state index contributed by atoms with van der Waals surface area (Å²) < 4.78 is 40.1. The number of hydrogen-bond acceptors (Lipinski definition) is 2. The van der Waals surface area contributed by atoms with E-state index in [2.05, 4.69) is 0 Å². The minimum absolute atomic E-state index is 0.0187. The van der Waals surface area contributed by atoms with Gasteiger partial charge in [0, 0.05) is 0 Å². The van der Waals surface area contributed by atoms with Crippen molar-refractivity contribution in [1.82, 2.24) is 0 Å². The molecule has 2 rings (SSSR count). The van der Waals surface area contributed by atoms with Gasteiger partial charge in [-0.25, -0.2) is 13.2 Å². The van der Waals surface area contributed by atoms with Crippen LogP contribution in [0, 0.1) is 17.5 Å². The molecule has 0 spiro atoms. The normalized spacial score (nSPS) is 10.7. The topological polar surface area (TPSA) is 20.2 Å². The summed E-state index contributed by atoms with van der Waals surface area (Å²) in [7, 11) is 0. The predicted molar refractivity (Wildman–Crippen MR) is 62.8 cm³/mol. The van der Waals surface area contributed by atoms with Crippen molar-refractivity contribution in [3.63, 3.8) is 0 Å². The van der Waals surface area contributed by atoms with E-state index in [1.54, 1.807) is 0 Å². The molecule has 0 heterocycles. The molecule has 0 aliphatic carbocycles. The number of hydrogen-bond donors (Lipinski definition) is 1. The molecule has 0 amide bonds. The van der Waals surface area contributed by atoms with Gasteiger partial charge in [-0.3, -0.25) is 0 Å². The second-order valence-corrected chi connectivity index (χ2v) is 4.62. The van der Waals surface area contributed by atoms with E-state index in [1.165, 1.54) is 18.2 Å². The van der Waals surface area contributed by atoms with Gasteiger partial charge in [0.05, 0.1) is 16.4 Å². The third kappa shape index (κ3) is 2.68. The minimum atomic E-state index is -0.631. The standard InChI is InChI=1S/C13H9F3OS/c14-9-4-5-10(15)12(6-9)18-13-8(7-17)2-1-3-11(13)16/h1-6,17H,7H2. The minimum Gasteiger partial charge on any atom is -0.392 e. The van der Waals surface area contributed by atoms with Crippen molar-refractivity contribution in [2.75, 3.05) is 0 Å². The van der Waals surface area contributed by atoms with Crippen molar-refractivity contribution < 1.29 is 18.3 Å². The SMILES string of the molecule is OCc1cccc(F)c1Sc1cc(F)ccc1F. The fourth-order valence-electron chi connectivity index (χ4n) is 1.46. The van der Waals surface area contributed by atoms with Gasteiger partial charge in [0.2, 0.25) is 0 Å². The van der Waals surface area contributed by atoms with E-state index in [0.29, 0.717) is 5.56 Å². The maximum Gasteiger partial charge on any atom is 0.137 e. The monoisotopic (exact) mass is 270 g/mol. The molecular weight excluding hydrogens is 261 g/mol. The lowest BCUT2D eigenvalue weighted by Gasteiger charge is -2.08. The fourth-order valence-corrected chi connectivity index (χ4v) is 2.44. The summed E-state index contributed by atoms with van der Waals surface area (Å²) in [6.45, 7) is -0.364. The molecule has 0 radical (unpaired) electrons. The molecule has 94 valence electrons.